The molecule has 1 aromatic rings. The number of amides is 1. The molecule has 1 aromatic heterocycles. The Morgan fingerprint density at radius 2 is 2.33 bits per heavy atom. The van der Waals surface area contributed by atoms with Crippen LogP contribution in [-0.4, -0.2) is 40.7 Å². The first kappa shape index (κ1) is 18.0. The molecule has 0 radical (unpaired) electrons. The van der Waals surface area contributed by atoms with Gasteiger partial charge in [-0.1, -0.05) is 13.3 Å². The lowest BCUT2D eigenvalue weighted by Crippen LogP contribution is -2.45. The minimum atomic E-state index is -0.274. The van der Waals surface area contributed by atoms with Gasteiger partial charge in [-0.3, -0.25) is 9.48 Å². The normalized spacial score (nSPS) is 20.0. The van der Waals surface area contributed by atoms with E-state index in [1.165, 1.54) is 19.3 Å². The Hall–Kier alpha value is -1.07. The number of likely N-dealkylation sites (tertiary alicyclic amines) is 1. The summed E-state index contributed by atoms with van der Waals surface area (Å²) in [4.78, 5) is 14.7. The van der Waals surface area contributed by atoms with Crippen molar-refractivity contribution in [1.29, 1.82) is 0 Å². The van der Waals surface area contributed by atoms with Crippen molar-refractivity contribution in [2.75, 3.05) is 20.1 Å². The number of carbonyl (C=O) groups excluding carboxylic acids is 1. The fourth-order valence-electron chi connectivity index (χ4n) is 3.11. The van der Waals surface area contributed by atoms with Crippen molar-refractivity contribution in [2.45, 2.75) is 38.6 Å². The summed E-state index contributed by atoms with van der Waals surface area (Å²) in [5.41, 5.74) is 0.942. The summed E-state index contributed by atoms with van der Waals surface area (Å²) < 4.78 is 1.74. The smallest absolute Gasteiger partial charge is 0.244 e. The van der Waals surface area contributed by atoms with Gasteiger partial charge in [0.2, 0.25) is 5.91 Å². The van der Waals surface area contributed by atoms with Gasteiger partial charge in [0.05, 0.1) is 6.20 Å². The third-order valence-electron chi connectivity index (χ3n) is 4.12. The van der Waals surface area contributed by atoms with E-state index in [9.17, 15) is 4.79 Å². The van der Waals surface area contributed by atoms with Gasteiger partial charge in [0.15, 0.2) is 0 Å². The molecular weight excluding hydrogens is 288 g/mol. The van der Waals surface area contributed by atoms with Crippen molar-refractivity contribution in [3.05, 3.63) is 18.0 Å². The van der Waals surface area contributed by atoms with Gasteiger partial charge in [0, 0.05) is 31.9 Å². The van der Waals surface area contributed by atoms with Crippen LogP contribution in [0.2, 0.25) is 0 Å². The summed E-state index contributed by atoms with van der Waals surface area (Å²) >= 11 is 0. The van der Waals surface area contributed by atoms with Gasteiger partial charge >= 0.3 is 0 Å². The average Bonchev–Trinajstić information content (AvgIpc) is 2.87. The number of hydrogen-bond acceptors (Lipinski definition) is 3. The van der Waals surface area contributed by atoms with E-state index in [0.29, 0.717) is 5.92 Å². The maximum atomic E-state index is 12.7. The molecule has 1 aliphatic rings. The molecule has 0 aromatic carbocycles. The molecule has 1 N–H and O–H groups in total. The molecule has 6 heteroatoms. The molecule has 120 valence electrons. The molecule has 2 unspecified atom stereocenters. The third kappa shape index (κ3) is 4.45. The number of rotatable bonds is 5. The summed E-state index contributed by atoms with van der Waals surface area (Å²) in [7, 11) is 3.71. The van der Waals surface area contributed by atoms with Crippen LogP contribution >= 0.6 is 12.4 Å². The quantitative estimate of drug-likeness (QED) is 0.906. The highest BCUT2D eigenvalue weighted by molar-refractivity contribution is 5.85. The summed E-state index contributed by atoms with van der Waals surface area (Å²) in [6.07, 6.45) is 8.49. The Labute approximate surface area is 133 Å². The minimum Gasteiger partial charge on any atom is -0.341 e. The van der Waals surface area contributed by atoms with Gasteiger partial charge in [0.25, 0.3) is 0 Å². The second-order valence-corrected chi connectivity index (χ2v) is 5.75. The van der Waals surface area contributed by atoms with Gasteiger partial charge in [-0.05, 0) is 32.2 Å². The van der Waals surface area contributed by atoms with E-state index in [4.69, 9.17) is 0 Å². The van der Waals surface area contributed by atoms with Crippen LogP contribution < -0.4 is 5.32 Å². The molecule has 5 nitrogen and oxygen atoms in total. The van der Waals surface area contributed by atoms with Crippen LogP contribution in [0.5, 0.6) is 0 Å². The van der Waals surface area contributed by atoms with Crippen LogP contribution in [0.1, 0.15) is 44.2 Å². The Morgan fingerprint density at radius 1 is 1.57 bits per heavy atom. The van der Waals surface area contributed by atoms with E-state index >= 15 is 0 Å². The average molecular weight is 315 g/mol. The fraction of sp³-hybridized carbons (Fsp3) is 0.733. The zero-order valence-electron chi connectivity index (χ0n) is 13.2. The van der Waals surface area contributed by atoms with Crippen LogP contribution in [0.15, 0.2) is 12.4 Å². The maximum Gasteiger partial charge on any atom is 0.244 e. The Morgan fingerprint density at radius 3 is 2.90 bits per heavy atom. The zero-order valence-corrected chi connectivity index (χ0v) is 14.0. The number of aromatic nitrogens is 2. The van der Waals surface area contributed by atoms with Crippen molar-refractivity contribution in [2.24, 2.45) is 13.0 Å². The first-order chi connectivity index (χ1) is 9.65. The lowest BCUT2D eigenvalue weighted by molar-refractivity contribution is -0.135. The molecule has 0 aliphatic carbocycles. The second-order valence-electron chi connectivity index (χ2n) is 5.75. The number of aryl methyl sites for hydroxylation is 1. The van der Waals surface area contributed by atoms with Crippen molar-refractivity contribution in [1.82, 2.24) is 20.0 Å². The van der Waals surface area contributed by atoms with Crippen LogP contribution in [0.4, 0.5) is 0 Å². The molecule has 1 aliphatic heterocycles. The van der Waals surface area contributed by atoms with Crippen LogP contribution in [0, 0.1) is 5.92 Å². The number of piperidine rings is 1. The fourth-order valence-corrected chi connectivity index (χ4v) is 3.11. The predicted molar refractivity (Wildman–Crippen MR) is 86.5 cm³/mol. The second kappa shape index (κ2) is 8.39. The standard InChI is InChI=1S/C15H26N4O.ClH/c1-4-6-12-7-5-8-19(10-12)15(20)14(16-2)13-9-17-18(3)11-13;/h9,11-12,14,16H,4-8,10H2,1-3H3;1H. The van der Waals surface area contributed by atoms with Crippen LogP contribution in [0.3, 0.4) is 0 Å². The van der Waals surface area contributed by atoms with Crippen molar-refractivity contribution >= 4 is 18.3 Å². The molecule has 1 fully saturated rings. The lowest BCUT2D eigenvalue weighted by Gasteiger charge is -2.34. The van der Waals surface area contributed by atoms with E-state index < -0.39 is 0 Å². The highest BCUT2D eigenvalue weighted by atomic mass is 35.5. The van der Waals surface area contributed by atoms with Crippen molar-refractivity contribution < 1.29 is 4.79 Å². The number of nitrogens with zero attached hydrogens (tertiary/aromatic N) is 3. The molecule has 2 heterocycles. The SMILES string of the molecule is CCCC1CCCN(C(=O)C(NC)c2cnn(C)c2)C1.Cl. The Kier molecular flexibility index (Phi) is 7.18. The molecular formula is C15H27ClN4O. The molecule has 2 rings (SSSR count). The van der Waals surface area contributed by atoms with E-state index in [1.807, 2.05) is 25.2 Å². The highest BCUT2D eigenvalue weighted by Gasteiger charge is 2.29. The topological polar surface area (TPSA) is 50.2 Å². The number of carbonyl (C=O) groups is 1. The van der Waals surface area contributed by atoms with Crippen molar-refractivity contribution in [3.8, 4) is 0 Å². The van der Waals surface area contributed by atoms with Gasteiger partial charge in [-0.25, -0.2) is 0 Å². The van der Waals surface area contributed by atoms with E-state index in [1.54, 1.807) is 10.9 Å². The summed E-state index contributed by atoms with van der Waals surface area (Å²) in [6, 6.07) is -0.274. The summed E-state index contributed by atoms with van der Waals surface area (Å²) in [5.74, 6) is 0.852. The first-order valence-corrected chi connectivity index (χ1v) is 7.60. The van der Waals surface area contributed by atoms with E-state index in [0.717, 1.165) is 25.1 Å². The van der Waals surface area contributed by atoms with Gasteiger partial charge in [-0.2, -0.15) is 5.10 Å². The van der Waals surface area contributed by atoms with Gasteiger partial charge < -0.3 is 10.2 Å². The molecule has 2 atom stereocenters. The molecule has 1 amide bonds. The zero-order chi connectivity index (χ0) is 14.5. The number of hydrogen-bond donors (Lipinski definition) is 1. The number of likely N-dealkylation sites (N-methyl/N-ethyl adjacent to an activating group) is 1. The minimum absolute atomic E-state index is 0. The van der Waals surface area contributed by atoms with Crippen molar-refractivity contribution in [3.63, 3.8) is 0 Å². The van der Waals surface area contributed by atoms with Crippen LogP contribution in [-0.2, 0) is 11.8 Å². The molecule has 21 heavy (non-hydrogen) atoms. The molecule has 0 bridgehead atoms. The molecule has 0 saturated carbocycles. The molecule has 1 saturated heterocycles. The van der Waals surface area contributed by atoms with Crippen LogP contribution in [0.25, 0.3) is 0 Å². The predicted octanol–water partition coefficient (Wildman–Crippen LogP) is 2.14. The maximum absolute atomic E-state index is 12.7. The monoisotopic (exact) mass is 314 g/mol. The van der Waals surface area contributed by atoms with E-state index in [-0.39, 0.29) is 24.4 Å². The molecule has 0 spiro atoms. The Balaban J connectivity index is 0.00000220. The lowest BCUT2D eigenvalue weighted by atomic mass is 9.93. The third-order valence-corrected chi connectivity index (χ3v) is 4.12. The summed E-state index contributed by atoms with van der Waals surface area (Å²) in [6.45, 7) is 4.01. The van der Waals surface area contributed by atoms with Gasteiger partial charge in [0.1, 0.15) is 6.04 Å². The number of nitrogens with one attached hydrogen (secondary N) is 1. The highest BCUT2D eigenvalue weighted by Crippen LogP contribution is 2.24. The first-order valence-electron chi connectivity index (χ1n) is 7.60. The number of halogens is 1. The van der Waals surface area contributed by atoms with Gasteiger partial charge in [-0.15, -0.1) is 12.4 Å². The van der Waals surface area contributed by atoms with E-state index in [2.05, 4.69) is 17.3 Å². The Bertz CT molecular complexity index is 447. The summed E-state index contributed by atoms with van der Waals surface area (Å²) in [5, 5.41) is 7.29. The largest absolute Gasteiger partial charge is 0.341 e.